The summed E-state index contributed by atoms with van der Waals surface area (Å²) in [4.78, 5) is 24.6. The highest BCUT2D eigenvalue weighted by Crippen LogP contribution is 2.03. The molecule has 0 spiro atoms. The van der Waals surface area contributed by atoms with Crippen molar-refractivity contribution in [1.82, 2.24) is 4.98 Å². The van der Waals surface area contributed by atoms with E-state index in [0.29, 0.717) is 0 Å². The van der Waals surface area contributed by atoms with Crippen molar-refractivity contribution in [1.29, 1.82) is 0 Å². The van der Waals surface area contributed by atoms with Gasteiger partial charge in [-0.05, 0) is 6.92 Å². The number of carboxylic acid groups (broad SMARTS) is 1. The van der Waals surface area contributed by atoms with Crippen LogP contribution in [-0.4, -0.2) is 28.6 Å². The van der Waals surface area contributed by atoms with Crippen LogP contribution in [0.25, 0.3) is 0 Å². The topological polar surface area (TPSA) is 89.6 Å². The molecule has 13 heavy (non-hydrogen) atoms. The molecule has 6 heteroatoms. The number of carboxylic acids is 1. The highest BCUT2D eigenvalue weighted by molar-refractivity contribution is 5.89. The van der Waals surface area contributed by atoms with Gasteiger partial charge in [-0.2, -0.15) is 4.98 Å². The molecule has 1 N–H and O–H groups in total. The molecule has 0 aromatic carbocycles. The van der Waals surface area contributed by atoms with Crippen LogP contribution in [0.2, 0.25) is 0 Å². The maximum atomic E-state index is 10.9. The first-order valence-corrected chi connectivity index (χ1v) is 3.51. The number of ether oxygens (including phenoxy) is 1. The molecule has 1 aromatic heterocycles. The Kier molecular flexibility index (Phi) is 2.63. The Hall–Kier alpha value is -1.85. The van der Waals surface area contributed by atoms with Gasteiger partial charge < -0.3 is 14.3 Å². The number of carbonyl (C=O) groups is 2. The molecule has 0 fully saturated rings. The van der Waals surface area contributed by atoms with Gasteiger partial charge in [-0.25, -0.2) is 9.59 Å². The molecule has 0 amide bonds. The zero-order chi connectivity index (χ0) is 9.84. The second-order valence-electron chi connectivity index (χ2n) is 2.06. The number of carbonyl (C=O) groups excluding carboxylic acids is 1. The lowest BCUT2D eigenvalue weighted by Gasteiger charge is -1.94. The lowest BCUT2D eigenvalue weighted by molar-refractivity contribution is 0.0519. The molecule has 0 aliphatic rings. The number of nitrogens with zero attached hydrogens (tertiary/aromatic N) is 1. The Bertz CT molecular complexity index is 329. The van der Waals surface area contributed by atoms with E-state index in [1.165, 1.54) is 0 Å². The summed E-state index contributed by atoms with van der Waals surface area (Å²) < 4.78 is 9.05. The van der Waals surface area contributed by atoms with E-state index in [-0.39, 0.29) is 12.3 Å². The third kappa shape index (κ3) is 2.05. The van der Waals surface area contributed by atoms with Crippen molar-refractivity contribution < 1.29 is 23.8 Å². The number of aromatic carboxylic acids is 1. The van der Waals surface area contributed by atoms with Gasteiger partial charge in [-0.15, -0.1) is 0 Å². The number of hydrogen-bond acceptors (Lipinski definition) is 5. The van der Waals surface area contributed by atoms with Gasteiger partial charge in [0.15, 0.2) is 5.69 Å². The van der Waals surface area contributed by atoms with Gasteiger partial charge in [0.2, 0.25) is 0 Å². The predicted octanol–water partition coefficient (Wildman–Crippen LogP) is 0.549. The minimum atomic E-state index is -1.32. The van der Waals surface area contributed by atoms with E-state index in [1.54, 1.807) is 6.92 Å². The Labute approximate surface area is 73.1 Å². The standard InChI is InChI=1S/C7H7NO5/c1-2-12-7(11)4-3-13-5(8-4)6(9)10/h3H,2H2,1H3,(H,9,10). The average molecular weight is 185 g/mol. The zero-order valence-electron chi connectivity index (χ0n) is 6.81. The first-order chi connectivity index (χ1) is 6.15. The summed E-state index contributed by atoms with van der Waals surface area (Å²) in [6.07, 6.45) is 0.946. The molecule has 0 saturated heterocycles. The average Bonchev–Trinajstić information content (AvgIpc) is 2.52. The predicted molar refractivity (Wildman–Crippen MR) is 39.4 cm³/mol. The maximum Gasteiger partial charge on any atom is 0.392 e. The Balaban J connectivity index is 2.79. The van der Waals surface area contributed by atoms with E-state index < -0.39 is 17.8 Å². The van der Waals surface area contributed by atoms with Gasteiger partial charge in [0, 0.05) is 0 Å². The number of esters is 1. The van der Waals surface area contributed by atoms with Crippen LogP contribution in [0.4, 0.5) is 0 Å². The molecule has 0 atom stereocenters. The number of oxazole rings is 1. The summed E-state index contributed by atoms with van der Waals surface area (Å²) >= 11 is 0. The summed E-state index contributed by atoms with van der Waals surface area (Å²) in [6, 6.07) is 0. The van der Waals surface area contributed by atoms with Crippen molar-refractivity contribution in [2.75, 3.05) is 6.61 Å². The largest absolute Gasteiger partial charge is 0.474 e. The first kappa shape index (κ1) is 9.24. The molecule has 0 radical (unpaired) electrons. The van der Waals surface area contributed by atoms with Crippen LogP contribution in [0.5, 0.6) is 0 Å². The van der Waals surface area contributed by atoms with Gasteiger partial charge in [0.05, 0.1) is 6.61 Å². The highest BCUT2D eigenvalue weighted by atomic mass is 16.5. The molecular weight excluding hydrogens is 178 g/mol. The van der Waals surface area contributed by atoms with Gasteiger partial charge in [0.1, 0.15) is 6.26 Å². The fourth-order valence-electron chi connectivity index (χ4n) is 0.671. The second-order valence-corrected chi connectivity index (χ2v) is 2.06. The Morgan fingerprint density at radius 2 is 2.38 bits per heavy atom. The van der Waals surface area contributed by atoms with Crippen molar-refractivity contribution >= 4 is 11.9 Å². The van der Waals surface area contributed by atoms with Gasteiger partial charge >= 0.3 is 17.8 Å². The van der Waals surface area contributed by atoms with E-state index in [9.17, 15) is 9.59 Å². The first-order valence-electron chi connectivity index (χ1n) is 3.51. The van der Waals surface area contributed by atoms with Gasteiger partial charge in [-0.1, -0.05) is 0 Å². The lowest BCUT2D eigenvalue weighted by atomic mass is 10.5. The van der Waals surface area contributed by atoms with Crippen LogP contribution in [-0.2, 0) is 4.74 Å². The summed E-state index contributed by atoms with van der Waals surface area (Å²) in [5, 5.41) is 8.40. The van der Waals surface area contributed by atoms with Crippen molar-refractivity contribution in [3.05, 3.63) is 17.8 Å². The van der Waals surface area contributed by atoms with Crippen LogP contribution in [0.1, 0.15) is 28.1 Å². The Morgan fingerprint density at radius 1 is 1.69 bits per heavy atom. The minimum absolute atomic E-state index is 0.140. The van der Waals surface area contributed by atoms with E-state index >= 15 is 0 Å². The molecule has 0 aliphatic heterocycles. The monoisotopic (exact) mass is 185 g/mol. The van der Waals surface area contributed by atoms with E-state index in [1.807, 2.05) is 0 Å². The highest BCUT2D eigenvalue weighted by Gasteiger charge is 2.16. The van der Waals surface area contributed by atoms with Crippen LogP contribution in [0, 0.1) is 0 Å². The summed E-state index contributed by atoms with van der Waals surface area (Å²) in [6.45, 7) is 1.84. The molecular formula is C7H7NO5. The van der Waals surface area contributed by atoms with Gasteiger partial charge in [0.25, 0.3) is 0 Å². The Morgan fingerprint density at radius 3 is 2.85 bits per heavy atom. The second kappa shape index (κ2) is 3.70. The number of rotatable bonds is 3. The van der Waals surface area contributed by atoms with Crippen molar-refractivity contribution in [2.24, 2.45) is 0 Å². The van der Waals surface area contributed by atoms with Crippen molar-refractivity contribution in [3.8, 4) is 0 Å². The van der Waals surface area contributed by atoms with Crippen LogP contribution >= 0.6 is 0 Å². The maximum absolute atomic E-state index is 10.9. The molecule has 6 nitrogen and oxygen atoms in total. The van der Waals surface area contributed by atoms with E-state index in [0.717, 1.165) is 6.26 Å². The summed E-state index contributed by atoms with van der Waals surface area (Å²) in [7, 11) is 0. The fourth-order valence-corrected chi connectivity index (χ4v) is 0.671. The molecule has 70 valence electrons. The zero-order valence-corrected chi connectivity index (χ0v) is 6.81. The lowest BCUT2D eigenvalue weighted by Crippen LogP contribution is -2.06. The number of aromatic nitrogens is 1. The van der Waals surface area contributed by atoms with Gasteiger partial charge in [-0.3, -0.25) is 0 Å². The fraction of sp³-hybridized carbons (Fsp3) is 0.286. The molecule has 1 aromatic rings. The van der Waals surface area contributed by atoms with Crippen LogP contribution in [0.15, 0.2) is 10.7 Å². The normalized spacial score (nSPS) is 9.62. The molecule has 0 saturated carbocycles. The summed E-state index contributed by atoms with van der Waals surface area (Å²) in [5.74, 6) is -2.54. The third-order valence-electron chi connectivity index (χ3n) is 1.17. The molecule has 1 rings (SSSR count). The quantitative estimate of drug-likeness (QED) is 0.691. The minimum Gasteiger partial charge on any atom is -0.474 e. The van der Waals surface area contributed by atoms with Crippen LogP contribution in [0.3, 0.4) is 0 Å². The SMILES string of the molecule is CCOC(=O)c1coc(C(=O)O)n1. The van der Waals surface area contributed by atoms with Crippen LogP contribution < -0.4 is 0 Å². The van der Waals surface area contributed by atoms with E-state index in [2.05, 4.69) is 14.1 Å². The summed E-state index contributed by atoms with van der Waals surface area (Å²) in [5.41, 5.74) is -0.140. The molecule has 1 heterocycles. The van der Waals surface area contributed by atoms with Crippen molar-refractivity contribution in [3.63, 3.8) is 0 Å². The van der Waals surface area contributed by atoms with E-state index in [4.69, 9.17) is 5.11 Å². The van der Waals surface area contributed by atoms with Crippen molar-refractivity contribution in [2.45, 2.75) is 6.92 Å². The smallest absolute Gasteiger partial charge is 0.392 e. The molecule has 0 aliphatic carbocycles. The number of hydrogen-bond donors (Lipinski definition) is 1. The molecule has 0 unspecified atom stereocenters. The molecule has 0 bridgehead atoms. The third-order valence-corrected chi connectivity index (χ3v) is 1.17.